The third kappa shape index (κ3) is 5.70. The van der Waals surface area contributed by atoms with E-state index in [1.165, 1.54) is 18.2 Å². The molecule has 120 valence electrons. The van der Waals surface area contributed by atoms with E-state index in [9.17, 15) is 12.8 Å². The zero-order chi connectivity index (χ0) is 15.7. The summed E-state index contributed by atoms with van der Waals surface area (Å²) in [5, 5.41) is 0. The lowest BCUT2D eigenvalue weighted by Crippen LogP contribution is -2.27. The first-order chi connectivity index (χ1) is 10.0. The molecule has 0 saturated carbocycles. The third-order valence-electron chi connectivity index (χ3n) is 2.97. The molecule has 0 atom stereocenters. The normalized spacial score (nSPS) is 11.8. The van der Waals surface area contributed by atoms with Crippen molar-refractivity contribution in [2.45, 2.75) is 37.6 Å². The van der Waals surface area contributed by atoms with Crippen LogP contribution < -0.4 is 10.5 Å². The highest BCUT2D eigenvalue weighted by Gasteiger charge is 2.19. The number of hydrogen-bond donors (Lipinski definition) is 2. The summed E-state index contributed by atoms with van der Waals surface area (Å²) in [5.74, 6) is -0.608. The molecule has 21 heavy (non-hydrogen) atoms. The highest BCUT2D eigenvalue weighted by Crippen LogP contribution is 2.18. The van der Waals surface area contributed by atoms with Gasteiger partial charge in [0.25, 0.3) is 0 Å². The number of hydrogen-bond acceptors (Lipinski definition) is 4. The second-order valence-electron chi connectivity index (χ2n) is 4.64. The second-order valence-corrected chi connectivity index (χ2v) is 6.37. The Hall–Kier alpha value is -1.02. The maximum atomic E-state index is 13.5. The van der Waals surface area contributed by atoms with Crippen LogP contribution in [-0.4, -0.2) is 28.2 Å². The minimum Gasteiger partial charge on any atom is -0.381 e. The van der Waals surface area contributed by atoms with Crippen molar-refractivity contribution < 1.29 is 17.5 Å². The number of ether oxygens (including phenoxy) is 1. The monoisotopic (exact) mass is 318 g/mol. The fourth-order valence-corrected chi connectivity index (χ4v) is 3.13. The van der Waals surface area contributed by atoms with Crippen LogP contribution in [0.1, 0.15) is 31.7 Å². The van der Waals surface area contributed by atoms with Crippen LogP contribution in [0.5, 0.6) is 0 Å². The predicted molar refractivity (Wildman–Crippen MR) is 79.8 cm³/mol. The lowest BCUT2D eigenvalue weighted by atomic mass is 10.2. The van der Waals surface area contributed by atoms with Crippen LogP contribution in [0.2, 0.25) is 0 Å². The Bertz CT molecular complexity index is 535. The van der Waals surface area contributed by atoms with Gasteiger partial charge in [-0.2, -0.15) is 0 Å². The summed E-state index contributed by atoms with van der Waals surface area (Å²) in [7, 11) is -3.75. The molecule has 0 spiro atoms. The Morgan fingerprint density at radius 1 is 1.29 bits per heavy atom. The van der Waals surface area contributed by atoms with Gasteiger partial charge >= 0.3 is 0 Å². The molecule has 0 aliphatic rings. The Kier molecular flexibility index (Phi) is 7.81. The first-order valence-electron chi connectivity index (χ1n) is 7.07. The molecule has 5 nitrogen and oxygen atoms in total. The zero-order valence-electron chi connectivity index (χ0n) is 12.3. The van der Waals surface area contributed by atoms with Gasteiger partial charge in [0.15, 0.2) is 0 Å². The molecule has 3 N–H and O–H groups in total. The van der Waals surface area contributed by atoms with E-state index >= 15 is 0 Å². The minimum absolute atomic E-state index is 0.00388. The summed E-state index contributed by atoms with van der Waals surface area (Å²) >= 11 is 0. The molecule has 7 heteroatoms. The lowest BCUT2D eigenvalue weighted by Gasteiger charge is -2.11. The van der Waals surface area contributed by atoms with Crippen LogP contribution in [0, 0.1) is 5.82 Å². The van der Waals surface area contributed by atoms with Crippen molar-refractivity contribution in [3.8, 4) is 0 Å². The van der Waals surface area contributed by atoms with Crippen molar-refractivity contribution in [3.63, 3.8) is 0 Å². The highest BCUT2D eigenvalue weighted by atomic mass is 32.2. The van der Waals surface area contributed by atoms with Gasteiger partial charge in [0.1, 0.15) is 5.82 Å². The summed E-state index contributed by atoms with van der Waals surface area (Å²) in [6, 6.07) is 3.91. The van der Waals surface area contributed by atoms with Crippen LogP contribution in [-0.2, 0) is 21.3 Å². The predicted octanol–water partition coefficient (Wildman–Crippen LogP) is 1.77. The minimum atomic E-state index is -3.75. The third-order valence-corrected chi connectivity index (χ3v) is 4.51. The van der Waals surface area contributed by atoms with Crippen LogP contribution >= 0.6 is 0 Å². The average molecular weight is 318 g/mol. The Labute approximate surface area is 125 Å². The van der Waals surface area contributed by atoms with Crippen molar-refractivity contribution in [1.29, 1.82) is 0 Å². The maximum Gasteiger partial charge on any atom is 0.240 e. The van der Waals surface area contributed by atoms with Gasteiger partial charge < -0.3 is 10.5 Å². The van der Waals surface area contributed by atoms with Crippen molar-refractivity contribution in [3.05, 3.63) is 29.6 Å². The summed E-state index contributed by atoms with van der Waals surface area (Å²) < 4.78 is 45.6. The van der Waals surface area contributed by atoms with E-state index in [4.69, 9.17) is 10.5 Å². The van der Waals surface area contributed by atoms with Crippen LogP contribution in [0.15, 0.2) is 23.1 Å². The van der Waals surface area contributed by atoms with E-state index in [0.29, 0.717) is 19.6 Å². The number of sulfonamides is 1. The van der Waals surface area contributed by atoms with Gasteiger partial charge in [0, 0.05) is 31.9 Å². The van der Waals surface area contributed by atoms with E-state index in [0.717, 1.165) is 12.8 Å². The summed E-state index contributed by atoms with van der Waals surface area (Å²) in [5.41, 5.74) is 5.42. The second kappa shape index (κ2) is 9.09. The summed E-state index contributed by atoms with van der Waals surface area (Å²) in [6.07, 6.45) is 2.62. The van der Waals surface area contributed by atoms with Crippen molar-refractivity contribution >= 4 is 10.0 Å². The van der Waals surface area contributed by atoms with Crippen molar-refractivity contribution in [2.75, 3.05) is 19.8 Å². The molecule has 0 radical (unpaired) electrons. The molecule has 0 aromatic heterocycles. The van der Waals surface area contributed by atoms with E-state index < -0.39 is 15.8 Å². The number of halogens is 1. The maximum absolute atomic E-state index is 13.5. The molecule has 0 heterocycles. The highest BCUT2D eigenvalue weighted by molar-refractivity contribution is 7.89. The standard InChI is InChI=1S/C14H23FN2O3S/c1-2-3-9-20-10-5-8-17-21(18,19)14-7-4-6-13(15)12(14)11-16/h4,6-7,17H,2-3,5,8-11,16H2,1H3. The molecule has 0 unspecified atom stereocenters. The molecule has 0 saturated heterocycles. The molecule has 0 bridgehead atoms. The van der Waals surface area contributed by atoms with E-state index in [1.807, 2.05) is 0 Å². The number of benzene rings is 1. The number of rotatable bonds is 10. The molecule has 0 amide bonds. The Balaban J connectivity index is 2.53. The number of nitrogens with two attached hydrogens (primary N) is 1. The van der Waals surface area contributed by atoms with Gasteiger partial charge in [-0.3, -0.25) is 0 Å². The molecule has 1 rings (SSSR count). The van der Waals surface area contributed by atoms with Crippen molar-refractivity contribution in [2.24, 2.45) is 5.73 Å². The van der Waals surface area contributed by atoms with E-state index in [-0.39, 0.29) is 23.5 Å². The fraction of sp³-hybridized carbons (Fsp3) is 0.571. The van der Waals surface area contributed by atoms with E-state index in [2.05, 4.69) is 11.6 Å². The van der Waals surface area contributed by atoms with Crippen LogP contribution in [0.3, 0.4) is 0 Å². The van der Waals surface area contributed by atoms with Gasteiger partial charge in [-0.1, -0.05) is 19.4 Å². The van der Waals surface area contributed by atoms with Crippen LogP contribution in [0.25, 0.3) is 0 Å². The first kappa shape index (κ1) is 18.0. The molecule has 0 fully saturated rings. The fourth-order valence-electron chi connectivity index (χ4n) is 1.80. The largest absolute Gasteiger partial charge is 0.381 e. The molecular weight excluding hydrogens is 295 g/mol. The smallest absolute Gasteiger partial charge is 0.240 e. The SMILES string of the molecule is CCCCOCCCNS(=O)(=O)c1cccc(F)c1CN. The average Bonchev–Trinajstić information content (AvgIpc) is 2.46. The number of unbranched alkanes of at least 4 members (excludes halogenated alkanes) is 1. The first-order valence-corrected chi connectivity index (χ1v) is 8.56. The van der Waals surface area contributed by atoms with Gasteiger partial charge in [-0.05, 0) is 25.0 Å². The van der Waals surface area contributed by atoms with Gasteiger partial charge in [0.2, 0.25) is 10.0 Å². The quantitative estimate of drug-likeness (QED) is 0.644. The van der Waals surface area contributed by atoms with Crippen LogP contribution in [0.4, 0.5) is 4.39 Å². The molecule has 1 aromatic carbocycles. The van der Waals surface area contributed by atoms with Crippen molar-refractivity contribution in [1.82, 2.24) is 4.72 Å². The topological polar surface area (TPSA) is 81.4 Å². The molecule has 0 aliphatic carbocycles. The molecular formula is C14H23FN2O3S. The lowest BCUT2D eigenvalue weighted by molar-refractivity contribution is 0.130. The molecule has 1 aromatic rings. The summed E-state index contributed by atoms with van der Waals surface area (Å²) in [4.78, 5) is -0.100. The van der Waals surface area contributed by atoms with Gasteiger partial charge in [0.05, 0.1) is 4.90 Å². The summed E-state index contributed by atoms with van der Waals surface area (Å²) in [6.45, 7) is 3.34. The van der Waals surface area contributed by atoms with Gasteiger partial charge in [-0.25, -0.2) is 17.5 Å². The number of nitrogens with one attached hydrogen (secondary N) is 1. The molecule has 0 aliphatic heterocycles. The Morgan fingerprint density at radius 3 is 2.67 bits per heavy atom. The van der Waals surface area contributed by atoms with E-state index in [1.54, 1.807) is 0 Å². The zero-order valence-corrected chi connectivity index (χ0v) is 13.1. The van der Waals surface area contributed by atoms with Gasteiger partial charge in [-0.15, -0.1) is 0 Å². The Morgan fingerprint density at radius 2 is 2.00 bits per heavy atom.